The molecule has 0 unspecified atom stereocenters. The van der Waals surface area contributed by atoms with Crippen molar-refractivity contribution < 1.29 is 29.7 Å². The van der Waals surface area contributed by atoms with E-state index in [4.69, 9.17) is 0 Å². The first-order chi connectivity index (χ1) is 14.3. The zero-order valence-electron chi connectivity index (χ0n) is 16.2. The molecular formula is C22H24N2O6. The maximum atomic E-state index is 12.0. The summed E-state index contributed by atoms with van der Waals surface area (Å²) in [7, 11) is 0. The minimum atomic E-state index is -1.13. The second-order valence-electron chi connectivity index (χ2n) is 6.64. The molecule has 158 valence electrons. The maximum Gasteiger partial charge on any atom is 0.326 e. The van der Waals surface area contributed by atoms with E-state index in [-0.39, 0.29) is 42.7 Å². The van der Waals surface area contributed by atoms with E-state index < -0.39 is 12.0 Å². The third-order valence-corrected chi connectivity index (χ3v) is 4.24. The average molecular weight is 412 g/mol. The van der Waals surface area contributed by atoms with Crippen molar-refractivity contribution in [2.45, 2.75) is 25.3 Å². The smallest absolute Gasteiger partial charge is 0.326 e. The van der Waals surface area contributed by atoms with Crippen molar-refractivity contribution in [2.24, 2.45) is 0 Å². The molecule has 0 bridgehead atoms. The van der Waals surface area contributed by atoms with Crippen molar-refractivity contribution in [1.29, 1.82) is 0 Å². The van der Waals surface area contributed by atoms with Crippen molar-refractivity contribution in [3.63, 3.8) is 0 Å². The van der Waals surface area contributed by atoms with Gasteiger partial charge >= 0.3 is 5.97 Å². The molecule has 0 heterocycles. The van der Waals surface area contributed by atoms with Crippen molar-refractivity contribution in [3.8, 4) is 11.5 Å². The fraction of sp³-hybridized carbons (Fsp3) is 0.227. The first-order valence-corrected chi connectivity index (χ1v) is 9.39. The van der Waals surface area contributed by atoms with E-state index in [1.165, 1.54) is 30.4 Å². The van der Waals surface area contributed by atoms with Gasteiger partial charge in [0.05, 0.1) is 6.42 Å². The second-order valence-corrected chi connectivity index (χ2v) is 6.64. The van der Waals surface area contributed by atoms with Gasteiger partial charge in [0.2, 0.25) is 11.8 Å². The molecule has 8 heteroatoms. The van der Waals surface area contributed by atoms with Crippen molar-refractivity contribution in [1.82, 2.24) is 10.6 Å². The molecule has 0 fully saturated rings. The lowest BCUT2D eigenvalue weighted by Crippen LogP contribution is -2.42. The number of benzene rings is 2. The molecule has 30 heavy (non-hydrogen) atoms. The second kappa shape index (κ2) is 11.3. The summed E-state index contributed by atoms with van der Waals surface area (Å²) in [6.45, 7) is 0.238. The van der Waals surface area contributed by atoms with E-state index in [0.29, 0.717) is 12.0 Å². The van der Waals surface area contributed by atoms with Gasteiger partial charge in [-0.25, -0.2) is 4.79 Å². The number of phenolic OH excluding ortho intramolecular Hbond substituents is 2. The molecular weight excluding hydrogens is 388 g/mol. The number of hydrogen-bond donors (Lipinski definition) is 5. The highest BCUT2D eigenvalue weighted by Crippen LogP contribution is 2.25. The van der Waals surface area contributed by atoms with Crippen LogP contribution in [0.25, 0.3) is 6.08 Å². The molecule has 5 N–H and O–H groups in total. The van der Waals surface area contributed by atoms with Gasteiger partial charge in [0.25, 0.3) is 0 Å². The Bertz CT molecular complexity index is 911. The van der Waals surface area contributed by atoms with Crippen molar-refractivity contribution in [2.75, 3.05) is 6.54 Å². The lowest BCUT2D eigenvalue weighted by Gasteiger charge is -2.14. The predicted molar refractivity (Wildman–Crippen MR) is 111 cm³/mol. The minimum Gasteiger partial charge on any atom is -0.504 e. The van der Waals surface area contributed by atoms with Gasteiger partial charge in [-0.05, 0) is 42.2 Å². The highest BCUT2D eigenvalue weighted by atomic mass is 16.4. The summed E-state index contributed by atoms with van der Waals surface area (Å²) in [4.78, 5) is 35.3. The molecule has 2 aromatic rings. The van der Waals surface area contributed by atoms with Crippen molar-refractivity contribution >= 4 is 23.9 Å². The monoisotopic (exact) mass is 412 g/mol. The van der Waals surface area contributed by atoms with Gasteiger partial charge in [-0.1, -0.05) is 36.4 Å². The predicted octanol–water partition coefficient (Wildman–Crippen LogP) is 1.82. The molecule has 0 aliphatic rings. The van der Waals surface area contributed by atoms with Gasteiger partial charge in [-0.3, -0.25) is 9.59 Å². The van der Waals surface area contributed by atoms with Crippen LogP contribution in [0.1, 0.15) is 24.0 Å². The minimum absolute atomic E-state index is 0.0962. The van der Waals surface area contributed by atoms with Crippen LogP contribution < -0.4 is 10.6 Å². The maximum absolute atomic E-state index is 12.0. The Morgan fingerprint density at radius 1 is 1.00 bits per heavy atom. The van der Waals surface area contributed by atoms with E-state index in [9.17, 15) is 29.7 Å². The molecule has 0 spiro atoms. The Kier molecular flexibility index (Phi) is 8.43. The number of hydrogen-bond acceptors (Lipinski definition) is 5. The van der Waals surface area contributed by atoms with E-state index in [1.54, 1.807) is 24.3 Å². The summed E-state index contributed by atoms with van der Waals surface area (Å²) in [6.07, 6.45) is 3.37. The molecule has 2 amide bonds. The van der Waals surface area contributed by atoms with Crippen LogP contribution in [0.5, 0.6) is 11.5 Å². The van der Waals surface area contributed by atoms with Gasteiger partial charge < -0.3 is 26.0 Å². The van der Waals surface area contributed by atoms with E-state index in [2.05, 4.69) is 10.6 Å². The highest BCUT2D eigenvalue weighted by Gasteiger charge is 2.19. The quantitative estimate of drug-likeness (QED) is 0.229. The van der Waals surface area contributed by atoms with Gasteiger partial charge in [-0.2, -0.15) is 0 Å². The molecule has 0 aliphatic heterocycles. The van der Waals surface area contributed by atoms with E-state index in [1.807, 2.05) is 6.07 Å². The number of carbonyl (C=O) groups is 3. The summed E-state index contributed by atoms with van der Waals surface area (Å²) in [6, 6.07) is 12.1. The van der Waals surface area contributed by atoms with Gasteiger partial charge in [-0.15, -0.1) is 0 Å². The number of rotatable bonds is 10. The molecule has 0 radical (unpaired) electrons. The van der Waals surface area contributed by atoms with Crippen LogP contribution in [-0.4, -0.2) is 45.7 Å². The number of amides is 2. The number of carboxylic acids is 1. The largest absolute Gasteiger partial charge is 0.504 e. The lowest BCUT2D eigenvalue weighted by atomic mass is 10.1. The van der Waals surface area contributed by atoms with Gasteiger partial charge in [0.1, 0.15) is 6.04 Å². The molecule has 1 atom stereocenters. The van der Waals surface area contributed by atoms with Crippen LogP contribution in [0.3, 0.4) is 0 Å². The average Bonchev–Trinajstić information content (AvgIpc) is 2.71. The molecule has 0 saturated carbocycles. The fourth-order valence-electron chi connectivity index (χ4n) is 2.68. The fourth-order valence-corrected chi connectivity index (χ4v) is 2.68. The van der Waals surface area contributed by atoms with E-state index >= 15 is 0 Å². The highest BCUT2D eigenvalue weighted by molar-refractivity contribution is 5.91. The molecule has 0 aliphatic carbocycles. The third-order valence-electron chi connectivity index (χ3n) is 4.24. The number of nitrogens with one attached hydrogen (secondary N) is 2. The Balaban J connectivity index is 1.73. The Labute approximate surface area is 173 Å². The van der Waals surface area contributed by atoms with Crippen LogP contribution in [0.15, 0.2) is 54.6 Å². The molecule has 0 saturated heterocycles. The Morgan fingerprint density at radius 2 is 1.73 bits per heavy atom. The Hall–Kier alpha value is -3.81. The third kappa shape index (κ3) is 7.67. The number of aromatic hydroxyl groups is 2. The number of aliphatic carboxylic acids is 1. The SMILES string of the molecule is O=C(/C=C/c1ccc(O)c(O)c1)NCCC[C@H](NC(=O)Cc1ccccc1)C(=O)O. The Morgan fingerprint density at radius 3 is 2.40 bits per heavy atom. The number of phenols is 2. The number of carbonyl (C=O) groups excluding carboxylic acids is 2. The lowest BCUT2D eigenvalue weighted by molar-refractivity contribution is -0.141. The first kappa shape index (κ1) is 22.5. The summed E-state index contributed by atoms with van der Waals surface area (Å²) in [5.41, 5.74) is 1.33. The zero-order valence-corrected chi connectivity index (χ0v) is 16.2. The van der Waals surface area contributed by atoms with Crippen molar-refractivity contribution in [3.05, 3.63) is 65.7 Å². The topological polar surface area (TPSA) is 136 Å². The standard InChI is InChI=1S/C22H24N2O6/c25-18-10-8-16(13-19(18)26)9-11-20(27)23-12-4-7-17(22(29)30)24-21(28)14-15-5-2-1-3-6-15/h1-3,5-6,8-11,13,17,25-26H,4,7,12,14H2,(H,23,27)(H,24,28)(H,29,30)/b11-9+/t17-/m0/s1. The molecule has 0 aromatic heterocycles. The molecule has 2 aromatic carbocycles. The summed E-state index contributed by atoms with van der Waals surface area (Å²) in [5.74, 6) is -2.43. The normalized spacial score (nSPS) is 11.7. The summed E-state index contributed by atoms with van der Waals surface area (Å²) < 4.78 is 0. The van der Waals surface area contributed by atoms with Crippen LogP contribution >= 0.6 is 0 Å². The summed E-state index contributed by atoms with van der Waals surface area (Å²) in [5, 5.41) is 33.1. The molecule has 8 nitrogen and oxygen atoms in total. The first-order valence-electron chi connectivity index (χ1n) is 9.39. The van der Waals surface area contributed by atoms with Gasteiger partial charge in [0, 0.05) is 12.6 Å². The van der Waals surface area contributed by atoms with E-state index in [0.717, 1.165) is 5.56 Å². The summed E-state index contributed by atoms with van der Waals surface area (Å²) >= 11 is 0. The van der Waals surface area contributed by atoms with Gasteiger partial charge in [0.15, 0.2) is 11.5 Å². The van der Waals surface area contributed by atoms with Crippen LogP contribution in [0.4, 0.5) is 0 Å². The molecule has 2 rings (SSSR count). The number of carboxylic acid groups (broad SMARTS) is 1. The van der Waals surface area contributed by atoms with Crippen LogP contribution in [0, 0.1) is 0 Å². The zero-order chi connectivity index (χ0) is 21.9. The van der Waals surface area contributed by atoms with Crippen LogP contribution in [-0.2, 0) is 20.8 Å². The van der Waals surface area contributed by atoms with Crippen LogP contribution in [0.2, 0.25) is 0 Å².